The molecule has 1 aromatic rings. The summed E-state index contributed by atoms with van der Waals surface area (Å²) >= 11 is 0. The maximum absolute atomic E-state index is 12.4. The Morgan fingerprint density at radius 1 is 1.25 bits per heavy atom. The standard InChI is InChI=1S/C19H25N3O2/c1-15(23)21-17-9-6-16(7-10-17)8-11-18(24)22(13-5-12-20)14-19(2,3)4/h6-11H,5,13-14H2,1-4H3,(H,21,23)/b11-8-. The molecule has 0 bridgehead atoms. The Labute approximate surface area is 144 Å². The van der Waals surface area contributed by atoms with E-state index in [4.69, 9.17) is 5.26 Å². The van der Waals surface area contributed by atoms with Gasteiger partial charge in [0.2, 0.25) is 11.8 Å². The van der Waals surface area contributed by atoms with Gasteiger partial charge in [-0.2, -0.15) is 5.26 Å². The summed E-state index contributed by atoms with van der Waals surface area (Å²) in [5.41, 5.74) is 1.56. The van der Waals surface area contributed by atoms with E-state index in [-0.39, 0.29) is 17.2 Å². The summed E-state index contributed by atoms with van der Waals surface area (Å²) in [5, 5.41) is 11.5. The minimum Gasteiger partial charge on any atom is -0.338 e. The predicted octanol–water partition coefficient (Wildman–Crippen LogP) is 3.45. The molecule has 0 saturated heterocycles. The molecular formula is C19H25N3O2. The fourth-order valence-corrected chi connectivity index (χ4v) is 2.18. The van der Waals surface area contributed by atoms with Crippen molar-refractivity contribution in [2.45, 2.75) is 34.1 Å². The zero-order chi connectivity index (χ0) is 18.2. The number of anilines is 1. The highest BCUT2D eigenvalue weighted by Gasteiger charge is 2.19. The van der Waals surface area contributed by atoms with E-state index >= 15 is 0 Å². The molecule has 0 heterocycles. The topological polar surface area (TPSA) is 73.2 Å². The van der Waals surface area contributed by atoms with Gasteiger partial charge in [-0.25, -0.2) is 0 Å². The van der Waals surface area contributed by atoms with Gasteiger partial charge in [0.15, 0.2) is 0 Å². The Morgan fingerprint density at radius 3 is 2.38 bits per heavy atom. The lowest BCUT2D eigenvalue weighted by Gasteiger charge is -2.28. The van der Waals surface area contributed by atoms with Crippen LogP contribution in [-0.2, 0) is 9.59 Å². The van der Waals surface area contributed by atoms with Gasteiger partial charge < -0.3 is 10.2 Å². The average Bonchev–Trinajstić information content (AvgIpc) is 2.48. The van der Waals surface area contributed by atoms with Gasteiger partial charge in [0.05, 0.1) is 12.5 Å². The number of benzene rings is 1. The lowest BCUT2D eigenvalue weighted by molar-refractivity contribution is -0.127. The van der Waals surface area contributed by atoms with Gasteiger partial charge in [-0.05, 0) is 29.2 Å². The van der Waals surface area contributed by atoms with Gasteiger partial charge in [-0.1, -0.05) is 32.9 Å². The third-order valence-electron chi connectivity index (χ3n) is 3.12. The van der Waals surface area contributed by atoms with Crippen molar-refractivity contribution in [3.05, 3.63) is 35.9 Å². The maximum atomic E-state index is 12.4. The first-order valence-electron chi connectivity index (χ1n) is 7.93. The van der Waals surface area contributed by atoms with Crippen LogP contribution in [0.2, 0.25) is 0 Å². The molecule has 0 aliphatic carbocycles. The van der Waals surface area contributed by atoms with Gasteiger partial charge in [-0.15, -0.1) is 0 Å². The van der Waals surface area contributed by atoms with Crippen molar-refractivity contribution in [2.75, 3.05) is 18.4 Å². The number of rotatable bonds is 6. The van der Waals surface area contributed by atoms with E-state index in [1.807, 2.05) is 12.1 Å². The molecule has 0 saturated carbocycles. The fourth-order valence-electron chi connectivity index (χ4n) is 2.18. The van der Waals surface area contributed by atoms with Gasteiger partial charge in [0, 0.05) is 31.8 Å². The number of amides is 2. The van der Waals surface area contributed by atoms with Crippen LogP contribution in [0.25, 0.3) is 6.08 Å². The van der Waals surface area contributed by atoms with E-state index in [9.17, 15) is 9.59 Å². The molecule has 0 spiro atoms. The second-order valence-electron chi connectivity index (χ2n) is 6.87. The van der Waals surface area contributed by atoms with Crippen LogP contribution in [0.15, 0.2) is 30.3 Å². The molecular weight excluding hydrogens is 302 g/mol. The Hall–Kier alpha value is -2.61. The van der Waals surface area contributed by atoms with Crippen molar-refractivity contribution in [3.63, 3.8) is 0 Å². The van der Waals surface area contributed by atoms with Crippen LogP contribution < -0.4 is 5.32 Å². The van der Waals surface area contributed by atoms with E-state index in [1.54, 1.807) is 23.1 Å². The number of hydrogen-bond acceptors (Lipinski definition) is 3. The van der Waals surface area contributed by atoms with Crippen LogP contribution in [0.3, 0.4) is 0 Å². The van der Waals surface area contributed by atoms with Crippen molar-refractivity contribution >= 4 is 23.6 Å². The number of carbonyl (C=O) groups excluding carboxylic acids is 2. The van der Waals surface area contributed by atoms with Gasteiger partial charge >= 0.3 is 0 Å². The monoisotopic (exact) mass is 327 g/mol. The summed E-state index contributed by atoms with van der Waals surface area (Å²) in [7, 11) is 0. The second-order valence-corrected chi connectivity index (χ2v) is 6.87. The van der Waals surface area contributed by atoms with Crippen molar-refractivity contribution in [1.29, 1.82) is 5.26 Å². The van der Waals surface area contributed by atoms with E-state index in [0.717, 1.165) is 5.56 Å². The molecule has 5 nitrogen and oxygen atoms in total. The number of nitrogens with zero attached hydrogens (tertiary/aromatic N) is 2. The first kappa shape index (κ1) is 19.4. The highest BCUT2D eigenvalue weighted by Crippen LogP contribution is 2.16. The Balaban J connectivity index is 2.76. The molecule has 1 N–H and O–H groups in total. The molecule has 0 atom stereocenters. The first-order valence-corrected chi connectivity index (χ1v) is 7.93. The molecule has 24 heavy (non-hydrogen) atoms. The van der Waals surface area contributed by atoms with Crippen molar-refractivity contribution in [2.24, 2.45) is 5.41 Å². The summed E-state index contributed by atoms with van der Waals surface area (Å²) in [6.07, 6.45) is 3.58. The minimum absolute atomic E-state index is 0.0288. The molecule has 1 rings (SSSR count). The molecule has 5 heteroatoms. The molecule has 128 valence electrons. The summed E-state index contributed by atoms with van der Waals surface area (Å²) < 4.78 is 0. The van der Waals surface area contributed by atoms with E-state index in [0.29, 0.717) is 25.2 Å². The highest BCUT2D eigenvalue weighted by atomic mass is 16.2. The summed E-state index contributed by atoms with van der Waals surface area (Å²) in [4.78, 5) is 25.1. The molecule has 0 aliphatic rings. The van der Waals surface area contributed by atoms with Crippen LogP contribution in [0.5, 0.6) is 0 Å². The van der Waals surface area contributed by atoms with Crippen molar-refractivity contribution in [3.8, 4) is 6.07 Å². The molecule has 0 fully saturated rings. The van der Waals surface area contributed by atoms with Gasteiger partial charge in [0.25, 0.3) is 0 Å². The van der Waals surface area contributed by atoms with Gasteiger partial charge in [-0.3, -0.25) is 9.59 Å². The van der Waals surface area contributed by atoms with Gasteiger partial charge in [0.1, 0.15) is 0 Å². The van der Waals surface area contributed by atoms with Crippen LogP contribution in [0.1, 0.15) is 39.7 Å². The SMILES string of the molecule is CC(=O)Nc1ccc(/C=C\C(=O)N(CCC#N)CC(C)(C)C)cc1. The Morgan fingerprint density at radius 2 is 1.88 bits per heavy atom. The molecule has 2 amide bonds. The Kier molecular flexibility index (Phi) is 7.19. The van der Waals surface area contributed by atoms with E-state index < -0.39 is 0 Å². The highest BCUT2D eigenvalue weighted by molar-refractivity contribution is 5.92. The largest absolute Gasteiger partial charge is 0.338 e. The zero-order valence-corrected chi connectivity index (χ0v) is 14.8. The van der Waals surface area contributed by atoms with Crippen molar-refractivity contribution < 1.29 is 9.59 Å². The quantitative estimate of drug-likeness (QED) is 0.813. The van der Waals surface area contributed by atoms with Crippen LogP contribution in [0, 0.1) is 16.7 Å². The molecule has 0 radical (unpaired) electrons. The number of nitriles is 1. The number of hydrogen-bond donors (Lipinski definition) is 1. The minimum atomic E-state index is -0.121. The molecule has 1 aromatic carbocycles. The molecule has 0 unspecified atom stereocenters. The van der Waals surface area contributed by atoms with Crippen molar-refractivity contribution in [1.82, 2.24) is 4.90 Å². The number of nitrogens with one attached hydrogen (secondary N) is 1. The van der Waals surface area contributed by atoms with Crippen LogP contribution in [-0.4, -0.2) is 29.8 Å². The molecule has 0 aromatic heterocycles. The van der Waals surface area contributed by atoms with E-state index in [2.05, 4.69) is 32.2 Å². The fraction of sp³-hybridized carbons (Fsp3) is 0.421. The smallest absolute Gasteiger partial charge is 0.246 e. The Bertz CT molecular complexity index is 634. The lowest BCUT2D eigenvalue weighted by Crippen LogP contribution is -2.37. The number of carbonyl (C=O) groups is 2. The zero-order valence-electron chi connectivity index (χ0n) is 14.8. The third kappa shape index (κ3) is 7.59. The second kappa shape index (κ2) is 8.88. The summed E-state index contributed by atoms with van der Waals surface area (Å²) in [6.45, 7) is 8.66. The predicted molar refractivity (Wildman–Crippen MR) is 96.0 cm³/mol. The summed E-state index contributed by atoms with van der Waals surface area (Å²) in [6, 6.07) is 9.32. The maximum Gasteiger partial charge on any atom is 0.246 e. The normalized spacial score (nSPS) is 11.1. The average molecular weight is 327 g/mol. The van der Waals surface area contributed by atoms with Crippen LogP contribution >= 0.6 is 0 Å². The van der Waals surface area contributed by atoms with E-state index in [1.165, 1.54) is 13.0 Å². The first-order chi connectivity index (χ1) is 11.2. The lowest BCUT2D eigenvalue weighted by atomic mass is 9.96. The molecule has 0 aliphatic heterocycles. The third-order valence-corrected chi connectivity index (χ3v) is 3.12. The van der Waals surface area contributed by atoms with Crippen LogP contribution in [0.4, 0.5) is 5.69 Å². The summed E-state index contributed by atoms with van der Waals surface area (Å²) in [5.74, 6) is -0.227.